The predicted molar refractivity (Wildman–Crippen MR) is 57.0 cm³/mol. The molecular formula is C8H11NO3S2. The Morgan fingerprint density at radius 2 is 2.29 bits per heavy atom. The smallest absolute Gasteiger partial charge is 0.243 e. The zero-order valence-corrected chi connectivity index (χ0v) is 9.44. The Morgan fingerprint density at radius 1 is 1.64 bits per heavy atom. The molecule has 1 saturated heterocycles. The average Bonchev–Trinajstić information content (AvgIpc) is 2.39. The van der Waals surface area contributed by atoms with E-state index in [9.17, 15) is 14.4 Å². The Labute approximate surface area is 91.2 Å². The van der Waals surface area contributed by atoms with E-state index in [0.29, 0.717) is 0 Å². The summed E-state index contributed by atoms with van der Waals surface area (Å²) in [6.45, 7) is 1.65. The van der Waals surface area contributed by atoms with Crippen molar-refractivity contribution in [2.45, 2.75) is 25.0 Å². The van der Waals surface area contributed by atoms with E-state index in [0.717, 1.165) is 15.7 Å². The van der Waals surface area contributed by atoms with Gasteiger partial charge in [-0.25, -0.2) is 0 Å². The fraction of sp³-hybridized carbons (Fsp3) is 0.625. The maximum atomic E-state index is 11.5. The first kappa shape index (κ1) is 11.6. The van der Waals surface area contributed by atoms with E-state index in [1.807, 2.05) is 0 Å². The molecule has 0 aromatic rings. The topological polar surface area (TPSA) is 54.5 Å². The minimum Gasteiger partial charge on any atom is -0.300 e. The molecule has 0 aromatic heterocycles. The SMILES string of the molecule is CC(=O)CCN1C(=O)CC(SS)C1=O. The largest absolute Gasteiger partial charge is 0.300 e. The monoisotopic (exact) mass is 233 g/mol. The van der Waals surface area contributed by atoms with Gasteiger partial charge in [0, 0.05) is 19.4 Å². The number of carbonyl (C=O) groups excluding carboxylic acids is 3. The molecular weight excluding hydrogens is 222 g/mol. The predicted octanol–water partition coefficient (Wildman–Crippen LogP) is 0.671. The third-order valence-corrected chi connectivity index (χ3v) is 3.40. The van der Waals surface area contributed by atoms with E-state index >= 15 is 0 Å². The van der Waals surface area contributed by atoms with Gasteiger partial charge < -0.3 is 0 Å². The second-order valence-electron chi connectivity index (χ2n) is 3.13. The Hall–Kier alpha value is -0.490. The van der Waals surface area contributed by atoms with Crippen LogP contribution in [-0.2, 0) is 14.4 Å². The molecule has 1 unspecified atom stereocenters. The van der Waals surface area contributed by atoms with E-state index in [-0.39, 0.29) is 42.2 Å². The van der Waals surface area contributed by atoms with Crippen LogP contribution in [0.25, 0.3) is 0 Å². The van der Waals surface area contributed by atoms with Gasteiger partial charge in [-0.2, -0.15) is 0 Å². The van der Waals surface area contributed by atoms with Crippen LogP contribution in [-0.4, -0.2) is 34.3 Å². The molecule has 1 fully saturated rings. The van der Waals surface area contributed by atoms with Crippen molar-refractivity contribution in [3.63, 3.8) is 0 Å². The molecule has 4 nitrogen and oxygen atoms in total. The van der Waals surface area contributed by atoms with E-state index in [1.165, 1.54) is 6.92 Å². The maximum Gasteiger partial charge on any atom is 0.243 e. The van der Waals surface area contributed by atoms with E-state index in [4.69, 9.17) is 0 Å². The molecule has 1 heterocycles. The van der Waals surface area contributed by atoms with Crippen LogP contribution >= 0.6 is 22.5 Å². The molecule has 14 heavy (non-hydrogen) atoms. The number of likely N-dealkylation sites (tertiary alicyclic amines) is 1. The second-order valence-corrected chi connectivity index (χ2v) is 4.55. The first-order valence-electron chi connectivity index (χ1n) is 4.20. The Balaban J connectivity index is 2.56. The molecule has 1 aliphatic rings. The summed E-state index contributed by atoms with van der Waals surface area (Å²) in [6, 6.07) is 0. The van der Waals surface area contributed by atoms with Crippen LogP contribution in [0, 0.1) is 0 Å². The van der Waals surface area contributed by atoms with Gasteiger partial charge in [0.15, 0.2) is 0 Å². The zero-order valence-electron chi connectivity index (χ0n) is 7.73. The number of hydrogen-bond donors (Lipinski definition) is 1. The van der Waals surface area contributed by atoms with E-state index in [1.54, 1.807) is 0 Å². The van der Waals surface area contributed by atoms with Crippen LogP contribution in [0.15, 0.2) is 0 Å². The quantitative estimate of drug-likeness (QED) is 0.440. The van der Waals surface area contributed by atoms with Gasteiger partial charge in [0.05, 0.1) is 0 Å². The van der Waals surface area contributed by atoms with Crippen LogP contribution in [0.3, 0.4) is 0 Å². The van der Waals surface area contributed by atoms with Crippen molar-refractivity contribution in [3.05, 3.63) is 0 Å². The van der Waals surface area contributed by atoms with Crippen LogP contribution < -0.4 is 0 Å². The summed E-state index contributed by atoms with van der Waals surface area (Å²) in [6.07, 6.45) is 0.437. The summed E-state index contributed by atoms with van der Waals surface area (Å²) in [5.74, 6) is -0.452. The molecule has 0 radical (unpaired) electrons. The van der Waals surface area contributed by atoms with Crippen LogP contribution in [0.4, 0.5) is 0 Å². The molecule has 1 atom stereocenters. The van der Waals surface area contributed by atoms with Crippen LogP contribution in [0.2, 0.25) is 0 Å². The Kier molecular flexibility index (Phi) is 4.00. The lowest BCUT2D eigenvalue weighted by Crippen LogP contribution is -2.32. The number of amides is 2. The van der Waals surface area contributed by atoms with Crippen molar-refractivity contribution in [2.75, 3.05) is 6.54 Å². The van der Waals surface area contributed by atoms with Crippen molar-refractivity contribution in [2.24, 2.45) is 0 Å². The van der Waals surface area contributed by atoms with Gasteiger partial charge in [-0.1, -0.05) is 10.8 Å². The second kappa shape index (κ2) is 4.84. The van der Waals surface area contributed by atoms with Crippen LogP contribution in [0.5, 0.6) is 0 Å². The van der Waals surface area contributed by atoms with E-state index < -0.39 is 0 Å². The number of Topliss-reactive ketones (excluding diaryl/α,β-unsaturated/α-hetero) is 1. The highest BCUT2D eigenvalue weighted by Gasteiger charge is 2.37. The number of rotatable bonds is 4. The van der Waals surface area contributed by atoms with Gasteiger partial charge in [0.2, 0.25) is 11.8 Å². The van der Waals surface area contributed by atoms with Crippen LogP contribution in [0.1, 0.15) is 19.8 Å². The van der Waals surface area contributed by atoms with Crippen molar-refractivity contribution < 1.29 is 14.4 Å². The average molecular weight is 233 g/mol. The molecule has 2 amide bonds. The minimum atomic E-state index is -0.377. The molecule has 78 valence electrons. The summed E-state index contributed by atoms with van der Waals surface area (Å²) in [5.41, 5.74) is 0. The molecule has 0 N–H and O–H groups in total. The van der Waals surface area contributed by atoms with E-state index in [2.05, 4.69) is 11.7 Å². The summed E-state index contributed by atoms with van der Waals surface area (Å²) in [5, 5.41) is -0.377. The molecule has 0 aromatic carbocycles. The molecule has 1 rings (SSSR count). The summed E-state index contributed by atoms with van der Waals surface area (Å²) in [4.78, 5) is 34.6. The fourth-order valence-electron chi connectivity index (χ4n) is 1.24. The lowest BCUT2D eigenvalue weighted by Gasteiger charge is -2.12. The Bertz CT molecular complexity index is 280. The molecule has 1 aliphatic heterocycles. The normalized spacial score (nSPS) is 21.9. The molecule has 0 saturated carbocycles. The third-order valence-electron chi connectivity index (χ3n) is 2.02. The third kappa shape index (κ3) is 2.51. The van der Waals surface area contributed by atoms with Gasteiger partial charge in [-0.15, -0.1) is 11.7 Å². The Morgan fingerprint density at radius 3 is 2.71 bits per heavy atom. The van der Waals surface area contributed by atoms with Crippen molar-refractivity contribution in [1.29, 1.82) is 0 Å². The lowest BCUT2D eigenvalue weighted by atomic mass is 10.3. The highest BCUT2D eigenvalue weighted by atomic mass is 33.1. The lowest BCUT2D eigenvalue weighted by molar-refractivity contribution is -0.138. The fourth-order valence-corrected chi connectivity index (χ4v) is 2.17. The van der Waals surface area contributed by atoms with Crippen molar-refractivity contribution >= 4 is 40.1 Å². The molecule has 0 aliphatic carbocycles. The number of ketones is 1. The van der Waals surface area contributed by atoms with Gasteiger partial charge in [-0.3, -0.25) is 19.3 Å². The minimum absolute atomic E-state index is 0.0208. The highest BCUT2D eigenvalue weighted by Crippen LogP contribution is 2.27. The molecule has 0 bridgehead atoms. The number of nitrogens with zero attached hydrogens (tertiary/aromatic N) is 1. The van der Waals surface area contributed by atoms with Gasteiger partial charge in [0.25, 0.3) is 0 Å². The molecule has 6 heteroatoms. The zero-order chi connectivity index (χ0) is 10.7. The molecule has 0 spiro atoms. The van der Waals surface area contributed by atoms with Gasteiger partial charge in [0.1, 0.15) is 11.0 Å². The first-order valence-corrected chi connectivity index (χ1v) is 6.13. The number of hydrogen-bond acceptors (Lipinski definition) is 5. The summed E-state index contributed by atoms with van der Waals surface area (Å²) < 4.78 is 0. The van der Waals surface area contributed by atoms with Crippen molar-refractivity contribution in [1.82, 2.24) is 4.90 Å². The maximum absolute atomic E-state index is 11.5. The highest BCUT2D eigenvalue weighted by molar-refractivity contribution is 8.69. The number of imide groups is 1. The summed E-state index contributed by atoms with van der Waals surface area (Å²) >= 11 is 3.91. The number of carbonyl (C=O) groups is 3. The summed E-state index contributed by atoms with van der Waals surface area (Å²) in [7, 11) is 1.08. The van der Waals surface area contributed by atoms with Gasteiger partial charge in [-0.05, 0) is 6.92 Å². The first-order chi connectivity index (χ1) is 6.56. The number of thiol groups is 1. The standard InChI is InChI=1S/C8H11NO3S2/c1-5(10)2-3-9-7(11)4-6(14-13)8(9)12/h6,13H,2-4H2,1H3. The van der Waals surface area contributed by atoms with Crippen molar-refractivity contribution in [3.8, 4) is 0 Å². The van der Waals surface area contributed by atoms with Gasteiger partial charge >= 0.3 is 0 Å².